The average Bonchev–Trinajstić information content (AvgIpc) is 2.96. The van der Waals surface area contributed by atoms with E-state index in [0.717, 1.165) is 54.4 Å². The molecule has 0 saturated heterocycles. The Hall–Kier alpha value is -4.14. The Morgan fingerprint density at radius 3 is 2.12 bits per heavy atom. The molecular weight excluding hydrogens is 572 g/mol. The second kappa shape index (κ2) is 11.2. The standard InChI is InChI=1S/C32H27F6N3O2/c33-31(34,35)30(43,32(36,37)38)23-10-12-24(13-11-23)41-27(20-21-7-3-1-4-8-21)40-26-14-9-22(19-25(26)28(41)42)15-18-29(39)16-5-2-6-17-29/h1,3-4,7-14,19,43H,2,5-6,16-17,20,39H2. The van der Waals surface area contributed by atoms with Gasteiger partial charge in [0.1, 0.15) is 5.82 Å². The number of hydrogen-bond acceptors (Lipinski definition) is 4. The van der Waals surface area contributed by atoms with Crippen LogP contribution >= 0.6 is 0 Å². The van der Waals surface area contributed by atoms with E-state index >= 15 is 0 Å². The Labute approximate surface area is 243 Å². The van der Waals surface area contributed by atoms with Gasteiger partial charge in [-0.05, 0) is 48.7 Å². The van der Waals surface area contributed by atoms with Crippen LogP contribution in [0.4, 0.5) is 26.3 Å². The zero-order valence-corrected chi connectivity index (χ0v) is 22.8. The molecule has 224 valence electrons. The second-order valence-corrected chi connectivity index (χ2v) is 10.8. The average molecular weight is 600 g/mol. The van der Waals surface area contributed by atoms with Gasteiger partial charge in [0.05, 0.1) is 22.1 Å². The quantitative estimate of drug-likeness (QED) is 0.213. The maximum Gasteiger partial charge on any atom is 0.430 e. The minimum Gasteiger partial charge on any atom is -0.369 e. The molecule has 0 amide bonds. The topological polar surface area (TPSA) is 81.1 Å². The Morgan fingerprint density at radius 2 is 1.51 bits per heavy atom. The van der Waals surface area contributed by atoms with Crippen LogP contribution in [0.1, 0.15) is 54.6 Å². The van der Waals surface area contributed by atoms with Crippen LogP contribution in [0.25, 0.3) is 16.6 Å². The molecule has 3 aromatic carbocycles. The maximum absolute atomic E-state index is 13.9. The van der Waals surface area contributed by atoms with Crippen LogP contribution in [-0.4, -0.2) is 32.5 Å². The van der Waals surface area contributed by atoms with Crippen LogP contribution in [0.2, 0.25) is 0 Å². The third-order valence-electron chi connectivity index (χ3n) is 7.71. The van der Waals surface area contributed by atoms with Gasteiger partial charge < -0.3 is 10.8 Å². The summed E-state index contributed by atoms with van der Waals surface area (Å²) >= 11 is 0. The monoisotopic (exact) mass is 599 g/mol. The van der Waals surface area contributed by atoms with Crippen LogP contribution in [0.3, 0.4) is 0 Å². The first-order valence-electron chi connectivity index (χ1n) is 13.6. The Morgan fingerprint density at radius 1 is 0.884 bits per heavy atom. The first kappa shape index (κ1) is 30.3. The van der Waals surface area contributed by atoms with Gasteiger partial charge in [-0.15, -0.1) is 0 Å². The first-order valence-corrected chi connectivity index (χ1v) is 13.6. The zero-order valence-electron chi connectivity index (χ0n) is 22.8. The summed E-state index contributed by atoms with van der Waals surface area (Å²) in [6.45, 7) is 0. The highest BCUT2D eigenvalue weighted by Gasteiger charge is 2.71. The van der Waals surface area contributed by atoms with E-state index in [1.54, 1.807) is 48.5 Å². The van der Waals surface area contributed by atoms with Gasteiger partial charge in [0.25, 0.3) is 11.2 Å². The molecule has 0 spiro atoms. The molecule has 1 fully saturated rings. The van der Waals surface area contributed by atoms with Crippen molar-refractivity contribution in [3.05, 3.63) is 106 Å². The van der Waals surface area contributed by atoms with E-state index in [1.807, 2.05) is 0 Å². The summed E-state index contributed by atoms with van der Waals surface area (Å²) in [5.74, 6) is 6.38. The highest BCUT2D eigenvalue weighted by Crippen LogP contribution is 2.50. The van der Waals surface area contributed by atoms with E-state index in [-0.39, 0.29) is 23.3 Å². The third kappa shape index (κ3) is 5.90. The Balaban J connectivity index is 1.64. The van der Waals surface area contributed by atoms with Crippen molar-refractivity contribution in [1.29, 1.82) is 0 Å². The van der Waals surface area contributed by atoms with Gasteiger partial charge in [-0.1, -0.05) is 73.6 Å². The molecule has 0 radical (unpaired) electrons. The van der Waals surface area contributed by atoms with Crippen molar-refractivity contribution in [3.8, 4) is 17.5 Å². The minimum atomic E-state index is -6.04. The van der Waals surface area contributed by atoms with Crippen LogP contribution in [0.5, 0.6) is 0 Å². The molecule has 5 rings (SSSR count). The van der Waals surface area contributed by atoms with Gasteiger partial charge in [-0.25, -0.2) is 4.98 Å². The molecule has 1 aliphatic carbocycles. The van der Waals surface area contributed by atoms with Gasteiger partial charge in [-0.2, -0.15) is 26.3 Å². The number of aliphatic hydroxyl groups is 1. The largest absolute Gasteiger partial charge is 0.430 e. The summed E-state index contributed by atoms with van der Waals surface area (Å²) in [6, 6.07) is 16.7. The van der Waals surface area contributed by atoms with Crippen molar-refractivity contribution >= 4 is 10.9 Å². The lowest BCUT2D eigenvalue weighted by atomic mass is 9.83. The van der Waals surface area contributed by atoms with Gasteiger partial charge in [-0.3, -0.25) is 9.36 Å². The molecule has 3 N–H and O–H groups in total. The molecule has 1 saturated carbocycles. The van der Waals surface area contributed by atoms with Gasteiger partial charge in [0, 0.05) is 17.5 Å². The predicted molar refractivity (Wildman–Crippen MR) is 149 cm³/mol. The van der Waals surface area contributed by atoms with E-state index in [1.165, 1.54) is 0 Å². The smallest absolute Gasteiger partial charge is 0.369 e. The minimum absolute atomic E-state index is 0.0274. The summed E-state index contributed by atoms with van der Waals surface area (Å²) in [7, 11) is 0. The highest BCUT2D eigenvalue weighted by molar-refractivity contribution is 5.80. The summed E-state index contributed by atoms with van der Waals surface area (Å²) in [5.41, 5.74) is 0.293. The number of benzene rings is 3. The second-order valence-electron chi connectivity index (χ2n) is 10.8. The Bertz CT molecular complexity index is 1730. The van der Waals surface area contributed by atoms with Crippen molar-refractivity contribution < 1.29 is 31.4 Å². The van der Waals surface area contributed by atoms with Crippen LogP contribution in [-0.2, 0) is 12.0 Å². The van der Waals surface area contributed by atoms with E-state index in [4.69, 9.17) is 5.73 Å². The van der Waals surface area contributed by atoms with Crippen molar-refractivity contribution in [2.75, 3.05) is 0 Å². The van der Waals surface area contributed by atoms with E-state index in [0.29, 0.717) is 23.2 Å². The van der Waals surface area contributed by atoms with Crippen LogP contribution in [0, 0.1) is 11.8 Å². The van der Waals surface area contributed by atoms with Crippen molar-refractivity contribution in [2.45, 2.75) is 62.0 Å². The molecule has 1 aromatic heterocycles. The summed E-state index contributed by atoms with van der Waals surface area (Å²) in [5, 5.41) is 9.96. The van der Waals surface area contributed by atoms with Crippen molar-refractivity contribution in [1.82, 2.24) is 9.55 Å². The molecular formula is C32H27F6N3O2. The molecule has 5 nitrogen and oxygen atoms in total. The van der Waals surface area contributed by atoms with Gasteiger partial charge in [0.2, 0.25) is 0 Å². The van der Waals surface area contributed by atoms with Crippen molar-refractivity contribution in [2.24, 2.45) is 5.73 Å². The SMILES string of the molecule is NC1(C#Cc2ccc3nc(Cc4ccccc4)n(-c4ccc(C(O)(C(F)(F)F)C(F)(F)F)cc4)c(=O)c3c2)CCCCC1. The maximum atomic E-state index is 13.9. The zero-order chi connectivity index (χ0) is 31.0. The molecule has 43 heavy (non-hydrogen) atoms. The van der Waals surface area contributed by atoms with Gasteiger partial charge >= 0.3 is 12.4 Å². The Kier molecular flexibility index (Phi) is 7.88. The molecule has 4 aromatic rings. The first-order chi connectivity index (χ1) is 20.2. The lowest BCUT2D eigenvalue weighted by molar-refractivity contribution is -0.376. The number of aromatic nitrogens is 2. The van der Waals surface area contributed by atoms with E-state index < -0.39 is 34.6 Å². The highest BCUT2D eigenvalue weighted by atomic mass is 19.4. The molecule has 1 heterocycles. The number of rotatable bonds is 4. The number of alkyl halides is 6. The molecule has 1 aliphatic rings. The third-order valence-corrected chi connectivity index (χ3v) is 7.71. The van der Waals surface area contributed by atoms with Crippen LogP contribution in [0.15, 0.2) is 77.6 Å². The molecule has 0 aliphatic heterocycles. The molecule has 0 atom stereocenters. The number of nitrogens with two attached hydrogens (primary N) is 1. The normalized spacial score (nSPS) is 15.6. The molecule has 11 heteroatoms. The fourth-order valence-corrected chi connectivity index (χ4v) is 5.32. The molecule has 0 bridgehead atoms. The molecule has 0 unspecified atom stereocenters. The fourth-order valence-electron chi connectivity index (χ4n) is 5.32. The number of fused-ring (bicyclic) bond motifs is 1. The fraction of sp³-hybridized carbons (Fsp3) is 0.312. The predicted octanol–water partition coefficient (Wildman–Crippen LogP) is 6.30. The van der Waals surface area contributed by atoms with Crippen molar-refractivity contribution in [3.63, 3.8) is 0 Å². The number of nitrogens with zero attached hydrogens (tertiary/aromatic N) is 2. The lowest BCUT2D eigenvalue weighted by Gasteiger charge is -2.32. The van der Waals surface area contributed by atoms with Gasteiger partial charge in [0.15, 0.2) is 0 Å². The lowest BCUT2D eigenvalue weighted by Crippen LogP contribution is -2.53. The summed E-state index contributed by atoms with van der Waals surface area (Å²) < 4.78 is 81.8. The van der Waals surface area contributed by atoms with Crippen LogP contribution < -0.4 is 11.3 Å². The summed E-state index contributed by atoms with van der Waals surface area (Å²) in [6.07, 6.45) is -7.36. The van der Waals surface area contributed by atoms with E-state index in [9.17, 15) is 36.2 Å². The number of halogens is 6. The number of hydrogen-bond donors (Lipinski definition) is 2. The van der Waals surface area contributed by atoms with E-state index in [2.05, 4.69) is 16.8 Å². The summed E-state index contributed by atoms with van der Waals surface area (Å²) in [4.78, 5) is 18.5.